The number of nitrogens with one attached hydrogen (secondary N) is 1. The zero-order valence-electron chi connectivity index (χ0n) is 11.8. The number of rotatable bonds is 5. The second-order valence-corrected chi connectivity index (χ2v) is 5.01. The quantitative estimate of drug-likeness (QED) is 0.828. The Morgan fingerprint density at radius 3 is 2.44 bits per heavy atom. The van der Waals surface area contributed by atoms with Gasteiger partial charge in [0.25, 0.3) is 5.91 Å². The van der Waals surface area contributed by atoms with Gasteiger partial charge in [-0.3, -0.25) is 9.48 Å². The van der Waals surface area contributed by atoms with Gasteiger partial charge in [-0.05, 0) is 26.2 Å². The van der Waals surface area contributed by atoms with Crippen molar-refractivity contribution in [1.82, 2.24) is 15.1 Å². The number of aliphatic hydroxyl groups is 1. The zero-order valence-corrected chi connectivity index (χ0v) is 11.8. The maximum Gasteiger partial charge on any atom is 0.255 e. The van der Waals surface area contributed by atoms with E-state index in [4.69, 9.17) is 5.11 Å². The maximum atomic E-state index is 12.2. The van der Waals surface area contributed by atoms with E-state index in [1.165, 1.54) is 0 Å². The lowest BCUT2D eigenvalue weighted by Crippen LogP contribution is -2.39. The Balaban J connectivity index is 2.87. The number of nitrogens with zero attached hydrogens (tertiary/aromatic N) is 2. The van der Waals surface area contributed by atoms with Crippen LogP contribution in [0.1, 0.15) is 42.0 Å². The van der Waals surface area contributed by atoms with Crippen molar-refractivity contribution in [2.75, 3.05) is 6.61 Å². The van der Waals surface area contributed by atoms with E-state index < -0.39 is 0 Å². The second kappa shape index (κ2) is 6.00. The van der Waals surface area contributed by atoms with Crippen LogP contribution in [0.2, 0.25) is 0 Å². The monoisotopic (exact) mass is 253 g/mol. The molecule has 0 saturated heterocycles. The number of hydrogen-bond acceptors (Lipinski definition) is 3. The Labute approximate surface area is 108 Å². The summed E-state index contributed by atoms with van der Waals surface area (Å²) in [7, 11) is 1.83. The topological polar surface area (TPSA) is 67.2 Å². The Morgan fingerprint density at radius 2 is 2.06 bits per heavy atom. The zero-order chi connectivity index (χ0) is 13.9. The molecule has 0 aliphatic rings. The fraction of sp³-hybridized carbons (Fsp3) is 0.692. The summed E-state index contributed by atoms with van der Waals surface area (Å²) in [5, 5.41) is 16.2. The van der Waals surface area contributed by atoms with Gasteiger partial charge in [0.05, 0.1) is 11.3 Å². The van der Waals surface area contributed by atoms with Gasteiger partial charge in [-0.1, -0.05) is 13.8 Å². The third kappa shape index (κ3) is 3.10. The Morgan fingerprint density at radius 1 is 1.44 bits per heavy atom. The fourth-order valence-corrected chi connectivity index (χ4v) is 2.05. The largest absolute Gasteiger partial charge is 0.396 e. The van der Waals surface area contributed by atoms with E-state index in [1.54, 1.807) is 4.68 Å². The third-order valence-electron chi connectivity index (χ3n) is 3.30. The van der Waals surface area contributed by atoms with Gasteiger partial charge >= 0.3 is 0 Å². The van der Waals surface area contributed by atoms with Crippen LogP contribution >= 0.6 is 0 Å². The first-order chi connectivity index (χ1) is 8.38. The van der Waals surface area contributed by atoms with Gasteiger partial charge in [0.1, 0.15) is 0 Å². The molecule has 1 heterocycles. The number of hydrogen-bond donors (Lipinski definition) is 2. The van der Waals surface area contributed by atoms with E-state index in [0.29, 0.717) is 17.9 Å². The third-order valence-corrected chi connectivity index (χ3v) is 3.30. The molecule has 0 fully saturated rings. The van der Waals surface area contributed by atoms with Gasteiger partial charge in [0.2, 0.25) is 0 Å². The summed E-state index contributed by atoms with van der Waals surface area (Å²) in [6.45, 7) is 7.85. The Hall–Kier alpha value is -1.36. The summed E-state index contributed by atoms with van der Waals surface area (Å²) < 4.78 is 1.71. The molecule has 0 aliphatic carbocycles. The van der Waals surface area contributed by atoms with Gasteiger partial charge in [0, 0.05) is 25.4 Å². The molecule has 0 radical (unpaired) electrons. The molecular formula is C13H23N3O2. The van der Waals surface area contributed by atoms with Crippen molar-refractivity contribution in [3.8, 4) is 0 Å². The van der Waals surface area contributed by atoms with Crippen molar-refractivity contribution in [3.05, 3.63) is 17.0 Å². The van der Waals surface area contributed by atoms with Crippen molar-refractivity contribution < 1.29 is 9.90 Å². The first kappa shape index (κ1) is 14.7. The van der Waals surface area contributed by atoms with Crippen LogP contribution in [0.4, 0.5) is 0 Å². The van der Waals surface area contributed by atoms with Crippen molar-refractivity contribution in [3.63, 3.8) is 0 Å². The van der Waals surface area contributed by atoms with Gasteiger partial charge < -0.3 is 10.4 Å². The highest BCUT2D eigenvalue weighted by molar-refractivity contribution is 5.96. The van der Waals surface area contributed by atoms with E-state index in [2.05, 4.69) is 10.4 Å². The van der Waals surface area contributed by atoms with E-state index in [1.807, 2.05) is 34.7 Å². The summed E-state index contributed by atoms with van der Waals surface area (Å²) in [6.07, 6.45) is 0.571. The summed E-state index contributed by atoms with van der Waals surface area (Å²) in [5.41, 5.74) is 2.23. The standard InChI is InChI=1S/C13H23N3O2/c1-8(2)11(6-7-17)14-13(18)12-9(3)15-16(5)10(12)4/h8,11,17H,6-7H2,1-5H3,(H,14,18). The molecule has 2 N–H and O–H groups in total. The molecule has 5 heteroatoms. The minimum absolute atomic E-state index is 0.0125. The summed E-state index contributed by atoms with van der Waals surface area (Å²) in [5.74, 6) is 0.184. The number of carbonyl (C=O) groups is 1. The first-order valence-electron chi connectivity index (χ1n) is 6.30. The highest BCUT2D eigenvalue weighted by atomic mass is 16.3. The van der Waals surface area contributed by atoms with Gasteiger partial charge in [0.15, 0.2) is 0 Å². The van der Waals surface area contributed by atoms with E-state index in [-0.39, 0.29) is 18.6 Å². The molecule has 0 spiro atoms. The molecule has 1 unspecified atom stereocenters. The lowest BCUT2D eigenvalue weighted by molar-refractivity contribution is 0.0915. The summed E-state index contributed by atoms with van der Waals surface area (Å²) in [6, 6.07) is -0.0125. The number of aromatic nitrogens is 2. The predicted molar refractivity (Wildman–Crippen MR) is 70.5 cm³/mol. The number of amides is 1. The molecule has 1 aromatic heterocycles. The fourth-order valence-electron chi connectivity index (χ4n) is 2.05. The molecule has 0 bridgehead atoms. The van der Waals surface area contributed by atoms with Crippen molar-refractivity contribution in [2.45, 2.75) is 40.2 Å². The van der Waals surface area contributed by atoms with Crippen LogP contribution in [0.25, 0.3) is 0 Å². The highest BCUT2D eigenvalue weighted by Crippen LogP contribution is 2.13. The summed E-state index contributed by atoms with van der Waals surface area (Å²) >= 11 is 0. The minimum Gasteiger partial charge on any atom is -0.396 e. The average molecular weight is 253 g/mol. The highest BCUT2D eigenvalue weighted by Gasteiger charge is 2.21. The van der Waals surface area contributed by atoms with Gasteiger partial charge in [-0.2, -0.15) is 5.10 Å². The van der Waals surface area contributed by atoms with Crippen molar-refractivity contribution >= 4 is 5.91 Å². The Kier molecular flexibility index (Phi) is 4.90. The van der Waals surface area contributed by atoms with Crippen LogP contribution in [0, 0.1) is 19.8 Å². The molecule has 18 heavy (non-hydrogen) atoms. The molecule has 1 aromatic rings. The van der Waals surface area contributed by atoms with Crippen LogP contribution in [0.15, 0.2) is 0 Å². The molecule has 0 saturated carbocycles. The van der Waals surface area contributed by atoms with Crippen molar-refractivity contribution in [2.24, 2.45) is 13.0 Å². The number of aryl methyl sites for hydroxylation is 2. The smallest absolute Gasteiger partial charge is 0.255 e. The van der Waals surface area contributed by atoms with Crippen molar-refractivity contribution in [1.29, 1.82) is 0 Å². The van der Waals surface area contributed by atoms with Crippen LogP contribution in [0.3, 0.4) is 0 Å². The minimum atomic E-state index is -0.106. The van der Waals surface area contributed by atoms with Crippen LogP contribution in [-0.2, 0) is 7.05 Å². The molecule has 102 valence electrons. The van der Waals surface area contributed by atoms with Gasteiger partial charge in [-0.25, -0.2) is 0 Å². The normalized spacial score (nSPS) is 12.8. The molecule has 0 aromatic carbocycles. The SMILES string of the molecule is Cc1nn(C)c(C)c1C(=O)NC(CCO)C(C)C. The molecule has 0 aliphatic heterocycles. The first-order valence-corrected chi connectivity index (χ1v) is 6.30. The van der Waals surface area contributed by atoms with E-state index >= 15 is 0 Å². The molecule has 5 nitrogen and oxygen atoms in total. The Bertz CT molecular complexity index is 424. The lowest BCUT2D eigenvalue weighted by atomic mass is 10.0. The molecule has 1 atom stereocenters. The summed E-state index contributed by atoms with van der Waals surface area (Å²) in [4.78, 5) is 12.2. The second-order valence-electron chi connectivity index (χ2n) is 5.01. The van der Waals surface area contributed by atoms with E-state index in [0.717, 1.165) is 11.4 Å². The number of carbonyl (C=O) groups excluding carboxylic acids is 1. The van der Waals surface area contributed by atoms with Crippen LogP contribution in [0.5, 0.6) is 0 Å². The van der Waals surface area contributed by atoms with E-state index in [9.17, 15) is 4.79 Å². The molecule has 1 amide bonds. The van der Waals surface area contributed by atoms with Crippen LogP contribution in [-0.4, -0.2) is 33.4 Å². The van der Waals surface area contributed by atoms with Gasteiger partial charge in [-0.15, -0.1) is 0 Å². The molecule has 1 rings (SSSR count). The predicted octanol–water partition coefficient (Wildman–Crippen LogP) is 1.17. The molecular weight excluding hydrogens is 230 g/mol. The maximum absolute atomic E-state index is 12.2. The van der Waals surface area contributed by atoms with Crippen LogP contribution < -0.4 is 5.32 Å². The number of aliphatic hydroxyl groups excluding tert-OH is 1. The average Bonchev–Trinajstić information content (AvgIpc) is 2.52. The lowest BCUT2D eigenvalue weighted by Gasteiger charge is -2.21.